The van der Waals surface area contributed by atoms with E-state index >= 15 is 0 Å². The number of carbonyl (C=O) groups excluding carboxylic acids is 1. The summed E-state index contributed by atoms with van der Waals surface area (Å²) in [5.41, 5.74) is 0. The van der Waals surface area contributed by atoms with E-state index in [1.165, 1.54) is 25.7 Å². The fourth-order valence-electron chi connectivity index (χ4n) is 4.03. The highest BCUT2D eigenvalue weighted by atomic mass is 16.1. The number of hydrogen-bond donors (Lipinski definition) is 2. The predicted molar refractivity (Wildman–Crippen MR) is 95.5 cm³/mol. The monoisotopic (exact) mass is 322 g/mol. The van der Waals surface area contributed by atoms with Crippen LogP contribution < -0.4 is 10.6 Å². The van der Waals surface area contributed by atoms with Crippen LogP contribution in [-0.4, -0.2) is 50.5 Å². The van der Waals surface area contributed by atoms with Crippen molar-refractivity contribution in [2.45, 2.75) is 51.9 Å². The first kappa shape index (κ1) is 18.1. The lowest BCUT2D eigenvalue weighted by atomic mass is 9.82. The van der Waals surface area contributed by atoms with Gasteiger partial charge in [-0.2, -0.15) is 0 Å². The molecule has 1 aliphatic heterocycles. The minimum atomic E-state index is 0.164. The van der Waals surface area contributed by atoms with Crippen LogP contribution in [0.2, 0.25) is 0 Å². The van der Waals surface area contributed by atoms with E-state index in [-0.39, 0.29) is 5.91 Å². The van der Waals surface area contributed by atoms with Gasteiger partial charge in [-0.15, -0.1) is 0 Å². The summed E-state index contributed by atoms with van der Waals surface area (Å²) < 4.78 is 0. The lowest BCUT2D eigenvalue weighted by Gasteiger charge is -2.35. The number of piperidine rings is 1. The van der Waals surface area contributed by atoms with Crippen LogP contribution in [0.5, 0.6) is 0 Å². The van der Waals surface area contributed by atoms with Crippen molar-refractivity contribution in [1.82, 2.24) is 15.5 Å². The van der Waals surface area contributed by atoms with Crippen molar-refractivity contribution in [3.63, 3.8) is 0 Å². The maximum absolute atomic E-state index is 11.5. The van der Waals surface area contributed by atoms with E-state index in [1.807, 2.05) is 7.05 Å². The van der Waals surface area contributed by atoms with Crippen LogP contribution in [0.4, 0.5) is 0 Å². The third-order valence-electron chi connectivity index (χ3n) is 5.47. The van der Waals surface area contributed by atoms with E-state index in [0.29, 0.717) is 12.3 Å². The molecule has 0 aromatic carbocycles. The Kier molecular flexibility index (Phi) is 7.18. The maximum atomic E-state index is 11.5. The Morgan fingerprint density at radius 3 is 2.52 bits per heavy atom. The molecular formula is C18H34N4O. The molecule has 1 aliphatic carbocycles. The second-order valence-electron chi connectivity index (χ2n) is 7.37. The molecule has 1 amide bonds. The van der Waals surface area contributed by atoms with E-state index in [1.54, 1.807) is 7.05 Å². The number of rotatable bonds is 4. The van der Waals surface area contributed by atoms with Crippen LogP contribution in [0.15, 0.2) is 4.99 Å². The van der Waals surface area contributed by atoms with Crippen LogP contribution in [-0.2, 0) is 4.79 Å². The molecule has 2 fully saturated rings. The van der Waals surface area contributed by atoms with Gasteiger partial charge in [0, 0.05) is 40.2 Å². The number of aliphatic imine (C=N–C) groups is 1. The Labute approximate surface area is 141 Å². The summed E-state index contributed by atoms with van der Waals surface area (Å²) in [7, 11) is 3.60. The Balaban J connectivity index is 1.73. The summed E-state index contributed by atoms with van der Waals surface area (Å²) in [6.45, 7) is 5.43. The smallest absolute Gasteiger partial charge is 0.220 e. The molecule has 0 radical (unpaired) electrons. The third-order valence-corrected chi connectivity index (χ3v) is 5.47. The topological polar surface area (TPSA) is 56.7 Å². The predicted octanol–water partition coefficient (Wildman–Crippen LogP) is 2.24. The normalized spacial score (nSPS) is 26.9. The van der Waals surface area contributed by atoms with Gasteiger partial charge in [-0.1, -0.05) is 19.8 Å². The first-order valence-corrected chi connectivity index (χ1v) is 9.28. The fourth-order valence-corrected chi connectivity index (χ4v) is 4.03. The van der Waals surface area contributed by atoms with E-state index < -0.39 is 0 Å². The summed E-state index contributed by atoms with van der Waals surface area (Å²) in [4.78, 5) is 18.3. The molecule has 1 saturated heterocycles. The number of nitrogens with zero attached hydrogens (tertiary/aromatic N) is 2. The van der Waals surface area contributed by atoms with Crippen LogP contribution in [0, 0.1) is 17.8 Å². The van der Waals surface area contributed by atoms with Crippen molar-refractivity contribution in [2.75, 3.05) is 33.7 Å². The quantitative estimate of drug-likeness (QED) is 0.616. The van der Waals surface area contributed by atoms with Gasteiger partial charge in [0.2, 0.25) is 5.91 Å². The van der Waals surface area contributed by atoms with Crippen molar-refractivity contribution < 1.29 is 4.79 Å². The molecule has 5 heteroatoms. The number of nitrogens with one attached hydrogen (secondary N) is 2. The number of amides is 1. The van der Waals surface area contributed by atoms with Crippen LogP contribution >= 0.6 is 0 Å². The van der Waals surface area contributed by atoms with Crippen LogP contribution in [0.3, 0.4) is 0 Å². The first-order chi connectivity index (χ1) is 11.1. The number of likely N-dealkylation sites (tertiary alicyclic amines) is 1. The number of carbonyl (C=O) groups is 1. The second kappa shape index (κ2) is 9.14. The van der Waals surface area contributed by atoms with Crippen molar-refractivity contribution in [2.24, 2.45) is 22.7 Å². The average molecular weight is 322 g/mol. The van der Waals surface area contributed by atoms with Crippen LogP contribution in [0.1, 0.15) is 51.9 Å². The summed E-state index contributed by atoms with van der Waals surface area (Å²) in [5, 5.41) is 6.32. The summed E-state index contributed by atoms with van der Waals surface area (Å²) >= 11 is 0. The number of hydrogen-bond acceptors (Lipinski definition) is 2. The molecule has 0 aromatic rings. The molecule has 2 aliphatic rings. The second-order valence-corrected chi connectivity index (χ2v) is 7.37. The van der Waals surface area contributed by atoms with Gasteiger partial charge in [0.05, 0.1) is 0 Å². The standard InChI is InChI=1S/C18H34N4O/c1-14-5-4-6-16(11-14)13-21-18(20-3)22-9-7-15(8-10-22)12-17(23)19-2/h14-16H,4-13H2,1-3H3,(H,19,23)(H,20,21). The third kappa shape index (κ3) is 5.70. The fraction of sp³-hybridized carbons (Fsp3) is 0.889. The van der Waals surface area contributed by atoms with Crippen LogP contribution in [0.25, 0.3) is 0 Å². The Morgan fingerprint density at radius 1 is 1.17 bits per heavy atom. The van der Waals surface area contributed by atoms with Gasteiger partial charge in [0.1, 0.15) is 0 Å². The van der Waals surface area contributed by atoms with E-state index in [9.17, 15) is 4.79 Å². The highest BCUT2D eigenvalue weighted by Crippen LogP contribution is 2.28. The van der Waals surface area contributed by atoms with E-state index in [4.69, 9.17) is 0 Å². The minimum absolute atomic E-state index is 0.164. The molecule has 0 spiro atoms. The molecule has 1 heterocycles. The lowest BCUT2D eigenvalue weighted by molar-refractivity contribution is -0.121. The summed E-state index contributed by atoms with van der Waals surface area (Å²) in [6, 6.07) is 0. The molecule has 0 bridgehead atoms. The zero-order valence-corrected chi connectivity index (χ0v) is 15.1. The van der Waals surface area contributed by atoms with Crippen molar-refractivity contribution in [3.8, 4) is 0 Å². The SMILES string of the molecule is CN=C(NCC1CCCC(C)C1)N1CCC(CC(=O)NC)CC1. The molecule has 132 valence electrons. The largest absolute Gasteiger partial charge is 0.359 e. The van der Waals surface area contributed by atoms with Crippen molar-refractivity contribution in [1.29, 1.82) is 0 Å². The Morgan fingerprint density at radius 2 is 1.91 bits per heavy atom. The molecule has 2 unspecified atom stereocenters. The van der Waals surface area contributed by atoms with Gasteiger partial charge in [0.25, 0.3) is 0 Å². The summed E-state index contributed by atoms with van der Waals surface area (Å²) in [6.07, 6.45) is 8.28. The van der Waals surface area contributed by atoms with E-state index in [2.05, 4.69) is 27.4 Å². The van der Waals surface area contributed by atoms with Gasteiger partial charge in [-0.3, -0.25) is 9.79 Å². The Hall–Kier alpha value is -1.26. The van der Waals surface area contributed by atoms with E-state index in [0.717, 1.165) is 50.3 Å². The summed E-state index contributed by atoms with van der Waals surface area (Å²) in [5.74, 6) is 3.39. The van der Waals surface area contributed by atoms with Crippen molar-refractivity contribution in [3.05, 3.63) is 0 Å². The van der Waals surface area contributed by atoms with Gasteiger partial charge < -0.3 is 15.5 Å². The van der Waals surface area contributed by atoms with Crippen molar-refractivity contribution >= 4 is 11.9 Å². The molecule has 2 rings (SSSR count). The van der Waals surface area contributed by atoms with Gasteiger partial charge in [-0.05, 0) is 43.4 Å². The molecule has 2 atom stereocenters. The highest BCUT2D eigenvalue weighted by Gasteiger charge is 2.24. The first-order valence-electron chi connectivity index (χ1n) is 9.28. The molecule has 23 heavy (non-hydrogen) atoms. The zero-order valence-electron chi connectivity index (χ0n) is 15.1. The van der Waals surface area contributed by atoms with Gasteiger partial charge in [-0.25, -0.2) is 0 Å². The average Bonchev–Trinajstić information content (AvgIpc) is 2.56. The minimum Gasteiger partial charge on any atom is -0.359 e. The van der Waals surface area contributed by atoms with Gasteiger partial charge in [0.15, 0.2) is 5.96 Å². The lowest BCUT2D eigenvalue weighted by Crippen LogP contribution is -2.47. The van der Waals surface area contributed by atoms with Gasteiger partial charge >= 0.3 is 0 Å². The maximum Gasteiger partial charge on any atom is 0.220 e. The highest BCUT2D eigenvalue weighted by molar-refractivity contribution is 5.80. The molecule has 2 N–H and O–H groups in total. The number of guanidine groups is 1. The molecule has 1 saturated carbocycles. The molecular weight excluding hydrogens is 288 g/mol. The molecule has 5 nitrogen and oxygen atoms in total. The molecule has 0 aromatic heterocycles. The zero-order chi connectivity index (χ0) is 16.7. The Bertz CT molecular complexity index is 402.